The predicted molar refractivity (Wildman–Crippen MR) is 38.9 cm³/mol. The van der Waals surface area contributed by atoms with Crippen molar-refractivity contribution < 1.29 is 9.84 Å². The molecule has 60 valence electrons. The van der Waals surface area contributed by atoms with Crippen LogP contribution in [0.5, 0.6) is 0 Å². The third kappa shape index (κ3) is 2.25. The molecule has 1 atom stereocenters. The lowest BCUT2D eigenvalue weighted by molar-refractivity contribution is 0.0226. The summed E-state index contributed by atoms with van der Waals surface area (Å²) < 4.78 is 4.80. The highest BCUT2D eigenvalue weighted by Crippen LogP contribution is 2.05. The molecule has 0 aromatic rings. The van der Waals surface area contributed by atoms with Crippen molar-refractivity contribution in [3.05, 3.63) is 0 Å². The third-order valence-electron chi connectivity index (χ3n) is 1.78. The topological polar surface area (TPSA) is 32.7 Å². The minimum absolute atomic E-state index is 0.301. The van der Waals surface area contributed by atoms with Crippen molar-refractivity contribution in [1.29, 1.82) is 0 Å². The van der Waals surface area contributed by atoms with Gasteiger partial charge in [-0.1, -0.05) is 0 Å². The molecule has 1 heterocycles. The highest BCUT2D eigenvalue weighted by molar-refractivity contribution is 4.71. The van der Waals surface area contributed by atoms with Crippen LogP contribution in [0, 0.1) is 0 Å². The Morgan fingerprint density at radius 2 is 2.30 bits per heavy atom. The van der Waals surface area contributed by atoms with Gasteiger partial charge < -0.3 is 14.7 Å². The molecule has 1 rings (SSSR count). The van der Waals surface area contributed by atoms with Gasteiger partial charge in [-0.15, -0.1) is 0 Å². The lowest BCUT2D eigenvalue weighted by Gasteiger charge is -2.32. The number of nitrogens with zero attached hydrogens (tertiary/aromatic N) is 1. The number of β-amino-alcohol motifs (C(OH)–C–C–N with tert-alkyl or cyclic N) is 1. The monoisotopic (exact) mass is 145 g/mol. The molecule has 0 aliphatic carbocycles. The average molecular weight is 145 g/mol. The Morgan fingerprint density at radius 1 is 1.60 bits per heavy atom. The van der Waals surface area contributed by atoms with E-state index < -0.39 is 0 Å². The summed E-state index contributed by atoms with van der Waals surface area (Å²) in [7, 11) is 1.61. The quantitative estimate of drug-likeness (QED) is 0.589. The minimum atomic E-state index is -0.301. The van der Waals surface area contributed by atoms with E-state index in [-0.39, 0.29) is 6.10 Å². The highest BCUT2D eigenvalue weighted by atomic mass is 16.5. The number of methoxy groups -OCH3 is 1. The Labute approximate surface area is 61.6 Å². The Kier molecular flexibility index (Phi) is 3.12. The Bertz CT molecular complexity index is 93.6. The Balaban J connectivity index is 1.99. The molecule has 0 unspecified atom stereocenters. The molecular formula is C7H15NO2. The highest BCUT2D eigenvalue weighted by Gasteiger charge is 2.16. The van der Waals surface area contributed by atoms with E-state index >= 15 is 0 Å². The first-order valence-corrected chi connectivity index (χ1v) is 3.72. The molecule has 1 fully saturated rings. The van der Waals surface area contributed by atoms with Crippen molar-refractivity contribution in [2.75, 3.05) is 33.4 Å². The molecule has 0 spiro atoms. The van der Waals surface area contributed by atoms with Gasteiger partial charge in [0.25, 0.3) is 0 Å². The first-order valence-electron chi connectivity index (χ1n) is 3.72. The van der Waals surface area contributed by atoms with Gasteiger partial charge in [0.15, 0.2) is 0 Å². The van der Waals surface area contributed by atoms with Crippen LogP contribution in [0.3, 0.4) is 0 Å². The van der Waals surface area contributed by atoms with Crippen LogP contribution in [0.1, 0.15) is 6.42 Å². The zero-order valence-corrected chi connectivity index (χ0v) is 6.42. The number of hydrogen-bond acceptors (Lipinski definition) is 3. The second-order valence-electron chi connectivity index (χ2n) is 2.76. The van der Waals surface area contributed by atoms with E-state index in [1.165, 1.54) is 6.42 Å². The Morgan fingerprint density at radius 3 is 2.70 bits per heavy atom. The summed E-state index contributed by atoms with van der Waals surface area (Å²) in [4.78, 5) is 2.23. The van der Waals surface area contributed by atoms with Crippen LogP contribution in [0.4, 0.5) is 0 Å². The molecule has 10 heavy (non-hydrogen) atoms. The fourth-order valence-corrected chi connectivity index (χ4v) is 1.11. The summed E-state index contributed by atoms with van der Waals surface area (Å²) in [5, 5.41) is 9.22. The first kappa shape index (κ1) is 7.98. The SMILES string of the molecule is COC[C@H](O)CN1CCC1. The zero-order chi connectivity index (χ0) is 7.40. The van der Waals surface area contributed by atoms with Gasteiger partial charge in [-0.2, -0.15) is 0 Å². The van der Waals surface area contributed by atoms with Gasteiger partial charge in [0.2, 0.25) is 0 Å². The summed E-state index contributed by atoms with van der Waals surface area (Å²) in [6.07, 6.45) is 0.977. The van der Waals surface area contributed by atoms with E-state index in [1.54, 1.807) is 7.11 Å². The lowest BCUT2D eigenvalue weighted by atomic mass is 10.2. The number of hydrogen-bond donors (Lipinski definition) is 1. The summed E-state index contributed by atoms with van der Waals surface area (Å²) in [6.45, 7) is 3.51. The fraction of sp³-hybridized carbons (Fsp3) is 1.00. The summed E-state index contributed by atoms with van der Waals surface area (Å²) >= 11 is 0. The van der Waals surface area contributed by atoms with Crippen LogP contribution in [0.25, 0.3) is 0 Å². The number of aliphatic hydroxyl groups excluding tert-OH is 1. The second-order valence-corrected chi connectivity index (χ2v) is 2.76. The van der Waals surface area contributed by atoms with Crippen molar-refractivity contribution in [2.24, 2.45) is 0 Å². The van der Waals surface area contributed by atoms with E-state index in [9.17, 15) is 5.11 Å². The van der Waals surface area contributed by atoms with Gasteiger partial charge in [0.1, 0.15) is 0 Å². The van der Waals surface area contributed by atoms with Crippen molar-refractivity contribution >= 4 is 0 Å². The molecule has 0 bridgehead atoms. The molecule has 0 amide bonds. The third-order valence-corrected chi connectivity index (χ3v) is 1.78. The molecule has 0 aromatic carbocycles. The van der Waals surface area contributed by atoms with Crippen molar-refractivity contribution in [3.63, 3.8) is 0 Å². The smallest absolute Gasteiger partial charge is 0.0900 e. The van der Waals surface area contributed by atoms with Crippen molar-refractivity contribution in [1.82, 2.24) is 4.90 Å². The van der Waals surface area contributed by atoms with Gasteiger partial charge in [-0.3, -0.25) is 0 Å². The van der Waals surface area contributed by atoms with Gasteiger partial charge in [0.05, 0.1) is 12.7 Å². The van der Waals surface area contributed by atoms with E-state index in [2.05, 4.69) is 4.90 Å². The van der Waals surface area contributed by atoms with E-state index in [0.29, 0.717) is 6.61 Å². The van der Waals surface area contributed by atoms with Gasteiger partial charge in [0, 0.05) is 13.7 Å². The lowest BCUT2D eigenvalue weighted by Crippen LogP contribution is -2.43. The van der Waals surface area contributed by atoms with Crippen LogP contribution < -0.4 is 0 Å². The molecule has 1 N–H and O–H groups in total. The molecule has 3 heteroatoms. The van der Waals surface area contributed by atoms with Gasteiger partial charge in [-0.25, -0.2) is 0 Å². The van der Waals surface area contributed by atoms with Crippen LogP contribution in [-0.2, 0) is 4.74 Å². The van der Waals surface area contributed by atoms with E-state index in [4.69, 9.17) is 4.74 Å². The minimum Gasteiger partial charge on any atom is -0.389 e. The molecule has 1 saturated heterocycles. The van der Waals surface area contributed by atoms with Gasteiger partial charge >= 0.3 is 0 Å². The van der Waals surface area contributed by atoms with Crippen molar-refractivity contribution in [2.45, 2.75) is 12.5 Å². The van der Waals surface area contributed by atoms with Gasteiger partial charge in [-0.05, 0) is 19.5 Å². The molecule has 0 radical (unpaired) electrons. The summed E-state index contributed by atoms with van der Waals surface area (Å²) in [5.74, 6) is 0. The van der Waals surface area contributed by atoms with E-state index in [0.717, 1.165) is 19.6 Å². The zero-order valence-electron chi connectivity index (χ0n) is 6.42. The van der Waals surface area contributed by atoms with Crippen LogP contribution in [-0.4, -0.2) is 49.5 Å². The summed E-state index contributed by atoms with van der Waals surface area (Å²) in [5.41, 5.74) is 0. The molecule has 1 aliphatic rings. The molecular weight excluding hydrogens is 130 g/mol. The second kappa shape index (κ2) is 3.91. The number of likely N-dealkylation sites (tertiary alicyclic amines) is 1. The maximum absolute atomic E-state index is 9.22. The maximum Gasteiger partial charge on any atom is 0.0900 e. The molecule has 1 aliphatic heterocycles. The predicted octanol–water partition coefficient (Wildman–Crippen LogP) is -0.301. The van der Waals surface area contributed by atoms with Crippen LogP contribution in [0.15, 0.2) is 0 Å². The molecule has 0 aromatic heterocycles. The molecule has 3 nitrogen and oxygen atoms in total. The standard InChI is InChI=1S/C7H15NO2/c1-10-6-7(9)5-8-3-2-4-8/h7,9H,2-6H2,1H3/t7-/m1/s1. The van der Waals surface area contributed by atoms with E-state index in [1.807, 2.05) is 0 Å². The number of aliphatic hydroxyl groups is 1. The Hall–Kier alpha value is -0.120. The molecule has 0 saturated carbocycles. The number of rotatable bonds is 4. The average Bonchev–Trinajstić information content (AvgIpc) is 1.80. The van der Waals surface area contributed by atoms with Crippen LogP contribution in [0.2, 0.25) is 0 Å². The fourth-order valence-electron chi connectivity index (χ4n) is 1.11. The van der Waals surface area contributed by atoms with Crippen molar-refractivity contribution in [3.8, 4) is 0 Å². The summed E-state index contributed by atoms with van der Waals surface area (Å²) in [6, 6.07) is 0. The number of ether oxygens (including phenoxy) is 1. The maximum atomic E-state index is 9.22. The largest absolute Gasteiger partial charge is 0.389 e. The normalized spacial score (nSPS) is 22.2. The van der Waals surface area contributed by atoms with Crippen LogP contribution >= 0.6 is 0 Å². The first-order chi connectivity index (χ1) is 4.83.